The van der Waals surface area contributed by atoms with Crippen molar-refractivity contribution in [1.29, 1.82) is 0 Å². The fourth-order valence-corrected chi connectivity index (χ4v) is 6.60. The van der Waals surface area contributed by atoms with E-state index in [9.17, 15) is 26.4 Å². The minimum Gasteiger partial charge on any atom is -0.338 e. The fraction of sp³-hybridized carbons (Fsp3) is 0.650. The summed E-state index contributed by atoms with van der Waals surface area (Å²) in [7, 11) is -3.77. The number of alkyl halides is 3. The first-order valence-electron chi connectivity index (χ1n) is 11.0. The number of aromatic nitrogens is 4. The Bertz CT molecular complexity index is 1200. The maximum absolute atomic E-state index is 13.4. The third kappa shape index (κ3) is 4.51. The average molecular weight is 567 g/mol. The summed E-state index contributed by atoms with van der Waals surface area (Å²) in [5.74, 6) is -0.458. The Morgan fingerprint density at radius 2 is 1.82 bits per heavy atom. The lowest BCUT2D eigenvalue weighted by atomic mass is 10.2. The molecule has 2 fully saturated rings. The van der Waals surface area contributed by atoms with E-state index in [1.54, 1.807) is 11.6 Å². The van der Waals surface area contributed by atoms with Crippen LogP contribution in [0.3, 0.4) is 0 Å². The number of halogens is 4. The molecule has 1 aliphatic carbocycles. The van der Waals surface area contributed by atoms with Gasteiger partial charge in [-0.3, -0.25) is 14.2 Å². The molecule has 0 aromatic carbocycles. The van der Waals surface area contributed by atoms with Gasteiger partial charge in [-0.15, -0.1) is 0 Å². The van der Waals surface area contributed by atoms with Crippen molar-refractivity contribution in [2.24, 2.45) is 0 Å². The quantitative estimate of drug-likeness (QED) is 0.535. The Morgan fingerprint density at radius 1 is 1.21 bits per heavy atom. The summed E-state index contributed by atoms with van der Waals surface area (Å²) >= 11 is 3.05. The molecule has 3 heterocycles. The zero-order chi connectivity index (χ0) is 25.0. The highest BCUT2D eigenvalue weighted by molar-refractivity contribution is 9.10. The Balaban J connectivity index is 1.49. The lowest BCUT2D eigenvalue weighted by Gasteiger charge is -2.35. The number of aryl methyl sites for hydroxylation is 2. The minimum atomic E-state index is -4.64. The van der Waals surface area contributed by atoms with Gasteiger partial charge < -0.3 is 4.90 Å². The number of rotatable bonds is 6. The first-order valence-corrected chi connectivity index (χ1v) is 13.3. The van der Waals surface area contributed by atoms with Crippen LogP contribution in [-0.2, 0) is 27.5 Å². The molecule has 188 valence electrons. The van der Waals surface area contributed by atoms with Crippen molar-refractivity contribution in [2.45, 2.75) is 63.2 Å². The molecule has 4 rings (SSSR count). The Morgan fingerprint density at radius 3 is 2.32 bits per heavy atom. The summed E-state index contributed by atoms with van der Waals surface area (Å²) in [6.07, 6.45) is -1.65. The molecular formula is C20H26BrF3N6O3S. The van der Waals surface area contributed by atoms with Gasteiger partial charge in [-0.1, -0.05) is 0 Å². The van der Waals surface area contributed by atoms with Crippen LogP contribution >= 0.6 is 15.9 Å². The molecule has 1 unspecified atom stereocenters. The lowest BCUT2D eigenvalue weighted by molar-refractivity contribution is -0.143. The van der Waals surface area contributed by atoms with Crippen molar-refractivity contribution in [3.63, 3.8) is 0 Å². The van der Waals surface area contributed by atoms with Gasteiger partial charge in [0.15, 0.2) is 5.69 Å². The standard InChI is InChI=1S/C20H26BrF3N6O3S/c1-4-28-11-15(12(2)25-28)34(32,33)29-9-7-27(8-10-29)19(31)13(3)30-17(14-5-6-14)16(21)18(26-30)20(22,23)24/h11,13-14H,4-10H2,1-3H3. The summed E-state index contributed by atoms with van der Waals surface area (Å²) in [5, 5.41) is 7.95. The van der Waals surface area contributed by atoms with Gasteiger partial charge in [0.2, 0.25) is 15.9 Å². The number of piperazine rings is 1. The van der Waals surface area contributed by atoms with E-state index in [4.69, 9.17) is 0 Å². The molecular weight excluding hydrogens is 541 g/mol. The molecule has 0 spiro atoms. The van der Waals surface area contributed by atoms with Crippen LogP contribution < -0.4 is 0 Å². The molecule has 9 nitrogen and oxygen atoms in total. The zero-order valence-electron chi connectivity index (χ0n) is 19.0. The molecule has 0 radical (unpaired) electrons. The van der Waals surface area contributed by atoms with E-state index >= 15 is 0 Å². The van der Waals surface area contributed by atoms with Crippen LogP contribution in [0, 0.1) is 6.92 Å². The van der Waals surface area contributed by atoms with E-state index in [0.717, 1.165) is 12.8 Å². The van der Waals surface area contributed by atoms with Gasteiger partial charge in [0.1, 0.15) is 10.9 Å². The minimum absolute atomic E-state index is 0.0671. The van der Waals surface area contributed by atoms with E-state index in [0.29, 0.717) is 17.9 Å². The first kappa shape index (κ1) is 25.2. The molecule has 1 atom stereocenters. The van der Waals surface area contributed by atoms with E-state index in [-0.39, 0.29) is 41.5 Å². The first-order chi connectivity index (χ1) is 15.9. The van der Waals surface area contributed by atoms with Crippen LogP contribution in [0.5, 0.6) is 0 Å². The number of hydrogen-bond donors (Lipinski definition) is 0. The summed E-state index contributed by atoms with van der Waals surface area (Å²) < 4.78 is 70.4. The predicted octanol–water partition coefficient (Wildman–Crippen LogP) is 3.16. The summed E-state index contributed by atoms with van der Waals surface area (Å²) in [6, 6.07) is -0.948. The van der Waals surface area contributed by atoms with Gasteiger partial charge in [-0.2, -0.15) is 27.7 Å². The second-order valence-corrected chi connectivity index (χ2v) is 11.3. The third-order valence-corrected chi connectivity index (χ3v) is 9.02. The van der Waals surface area contributed by atoms with Crippen LogP contribution in [0.2, 0.25) is 0 Å². The maximum Gasteiger partial charge on any atom is 0.436 e. The number of sulfonamides is 1. The van der Waals surface area contributed by atoms with Crippen LogP contribution in [0.1, 0.15) is 55.7 Å². The molecule has 1 aliphatic heterocycles. The van der Waals surface area contributed by atoms with Crippen molar-refractivity contribution >= 4 is 31.9 Å². The molecule has 1 saturated heterocycles. The monoisotopic (exact) mass is 566 g/mol. The van der Waals surface area contributed by atoms with Gasteiger partial charge >= 0.3 is 6.18 Å². The highest BCUT2D eigenvalue weighted by Gasteiger charge is 2.43. The topological polar surface area (TPSA) is 93.3 Å². The van der Waals surface area contributed by atoms with Crippen molar-refractivity contribution in [3.05, 3.63) is 27.8 Å². The van der Waals surface area contributed by atoms with Gasteiger partial charge in [0, 0.05) is 44.8 Å². The Kier molecular flexibility index (Phi) is 6.62. The number of nitrogens with zero attached hydrogens (tertiary/aromatic N) is 6. The molecule has 2 aliphatic rings. The second-order valence-electron chi connectivity index (χ2n) is 8.60. The van der Waals surface area contributed by atoms with E-state index in [1.807, 2.05) is 6.92 Å². The van der Waals surface area contributed by atoms with Crippen LogP contribution in [0.25, 0.3) is 0 Å². The van der Waals surface area contributed by atoms with Gasteiger partial charge in [-0.25, -0.2) is 8.42 Å². The highest BCUT2D eigenvalue weighted by Crippen LogP contribution is 2.47. The Hall–Kier alpha value is -1.93. The van der Waals surface area contributed by atoms with E-state index in [2.05, 4.69) is 26.1 Å². The number of amides is 1. The fourth-order valence-electron chi connectivity index (χ4n) is 4.20. The number of carbonyl (C=O) groups excluding carboxylic acids is 1. The van der Waals surface area contributed by atoms with Crippen molar-refractivity contribution in [3.8, 4) is 0 Å². The SMILES string of the molecule is CCn1cc(S(=O)(=O)N2CCN(C(=O)C(C)n3nc(C(F)(F)F)c(Br)c3C3CC3)CC2)c(C)n1. The smallest absolute Gasteiger partial charge is 0.338 e. The van der Waals surface area contributed by atoms with Crippen LogP contribution in [0.4, 0.5) is 13.2 Å². The molecule has 14 heteroatoms. The van der Waals surface area contributed by atoms with Crippen molar-refractivity contribution < 1.29 is 26.4 Å². The van der Waals surface area contributed by atoms with Gasteiger partial charge in [0.05, 0.1) is 15.9 Å². The van der Waals surface area contributed by atoms with E-state index < -0.39 is 33.8 Å². The lowest BCUT2D eigenvalue weighted by Crippen LogP contribution is -2.52. The largest absolute Gasteiger partial charge is 0.436 e. The maximum atomic E-state index is 13.4. The van der Waals surface area contributed by atoms with Crippen molar-refractivity contribution in [1.82, 2.24) is 28.8 Å². The summed E-state index contributed by atoms with van der Waals surface area (Å²) in [5.41, 5.74) is -0.239. The Labute approximate surface area is 204 Å². The van der Waals surface area contributed by atoms with Crippen LogP contribution in [0.15, 0.2) is 15.6 Å². The van der Waals surface area contributed by atoms with Crippen molar-refractivity contribution in [2.75, 3.05) is 26.2 Å². The molecule has 0 N–H and O–H groups in total. The number of hydrogen-bond acceptors (Lipinski definition) is 5. The normalized spacial score (nSPS) is 19.0. The molecule has 1 saturated carbocycles. The molecule has 0 bridgehead atoms. The van der Waals surface area contributed by atoms with E-state index in [1.165, 1.54) is 27.0 Å². The molecule has 2 aromatic heterocycles. The predicted molar refractivity (Wildman–Crippen MR) is 120 cm³/mol. The average Bonchev–Trinajstić information content (AvgIpc) is 3.44. The van der Waals surface area contributed by atoms with Gasteiger partial charge in [0.25, 0.3) is 0 Å². The third-order valence-electron chi connectivity index (χ3n) is 6.24. The highest BCUT2D eigenvalue weighted by atomic mass is 79.9. The molecule has 34 heavy (non-hydrogen) atoms. The van der Waals surface area contributed by atoms with Gasteiger partial charge in [-0.05, 0) is 49.5 Å². The summed E-state index contributed by atoms with van der Waals surface area (Å²) in [6.45, 7) is 6.01. The molecule has 1 amide bonds. The summed E-state index contributed by atoms with van der Waals surface area (Å²) in [4.78, 5) is 14.8. The zero-order valence-corrected chi connectivity index (χ0v) is 21.4. The second kappa shape index (κ2) is 8.94. The van der Waals surface area contributed by atoms with Crippen LogP contribution in [-0.4, -0.2) is 69.3 Å². The molecule has 2 aromatic rings. The number of carbonyl (C=O) groups is 1.